The molecule has 0 aromatic carbocycles. The molecule has 1 amide bonds. The van der Waals surface area contributed by atoms with Crippen LogP contribution >= 0.6 is 0 Å². The van der Waals surface area contributed by atoms with Crippen molar-refractivity contribution in [3.05, 3.63) is 17.6 Å². The lowest BCUT2D eigenvalue weighted by Gasteiger charge is -2.14. The van der Waals surface area contributed by atoms with Gasteiger partial charge in [-0.1, -0.05) is 6.92 Å². The van der Waals surface area contributed by atoms with Crippen LogP contribution in [0.2, 0.25) is 0 Å². The molecule has 1 aliphatic rings. The molecule has 2 N–H and O–H groups in total. The van der Waals surface area contributed by atoms with Crippen LogP contribution in [0.4, 0.5) is 5.82 Å². The highest BCUT2D eigenvalue weighted by Gasteiger charge is 2.16. The lowest BCUT2D eigenvalue weighted by Crippen LogP contribution is -2.32. The minimum atomic E-state index is -0.157. The summed E-state index contributed by atoms with van der Waals surface area (Å²) in [5.41, 5.74) is 0.401. The number of aromatic nitrogens is 2. The van der Waals surface area contributed by atoms with Crippen LogP contribution < -0.4 is 10.6 Å². The molecule has 1 aliphatic heterocycles. The van der Waals surface area contributed by atoms with E-state index in [9.17, 15) is 4.79 Å². The van der Waals surface area contributed by atoms with E-state index in [4.69, 9.17) is 4.74 Å². The lowest BCUT2D eigenvalue weighted by atomic mass is 10.2. The number of carbonyl (C=O) groups excluding carboxylic acids is 1. The van der Waals surface area contributed by atoms with Crippen LogP contribution in [0.3, 0.4) is 0 Å². The molecule has 2 unspecified atom stereocenters. The van der Waals surface area contributed by atoms with E-state index in [-0.39, 0.29) is 18.1 Å². The molecule has 2 atom stereocenters. The molecule has 1 aromatic rings. The average Bonchev–Trinajstić information content (AvgIpc) is 2.97. The Morgan fingerprint density at radius 2 is 2.33 bits per heavy atom. The summed E-state index contributed by atoms with van der Waals surface area (Å²) >= 11 is 0. The summed E-state index contributed by atoms with van der Waals surface area (Å²) in [5, 5.41) is 6.15. The lowest BCUT2D eigenvalue weighted by molar-refractivity contribution is 0.0934. The van der Waals surface area contributed by atoms with Gasteiger partial charge in [0.15, 0.2) is 0 Å². The second-order valence-corrected chi connectivity index (χ2v) is 5.48. The Kier molecular flexibility index (Phi) is 5.50. The quantitative estimate of drug-likeness (QED) is 0.837. The number of nitrogens with zero attached hydrogens (tertiary/aromatic N) is 2. The van der Waals surface area contributed by atoms with Crippen LogP contribution in [0.15, 0.2) is 6.07 Å². The zero-order chi connectivity index (χ0) is 15.2. The van der Waals surface area contributed by atoms with Crippen LogP contribution in [0, 0.1) is 6.92 Å². The van der Waals surface area contributed by atoms with Crippen LogP contribution in [0.1, 0.15) is 49.4 Å². The maximum Gasteiger partial charge on any atom is 0.270 e. The van der Waals surface area contributed by atoms with Gasteiger partial charge < -0.3 is 15.4 Å². The van der Waals surface area contributed by atoms with Gasteiger partial charge in [0.1, 0.15) is 17.3 Å². The first-order chi connectivity index (χ1) is 10.1. The van der Waals surface area contributed by atoms with Gasteiger partial charge in [-0.25, -0.2) is 9.97 Å². The number of hydrogen-bond acceptors (Lipinski definition) is 5. The monoisotopic (exact) mass is 292 g/mol. The van der Waals surface area contributed by atoms with Crippen molar-refractivity contribution in [1.82, 2.24) is 15.3 Å². The summed E-state index contributed by atoms with van der Waals surface area (Å²) < 4.78 is 5.56. The molecule has 6 heteroatoms. The van der Waals surface area contributed by atoms with Gasteiger partial charge in [0.25, 0.3) is 5.91 Å². The molecule has 0 bridgehead atoms. The summed E-state index contributed by atoms with van der Waals surface area (Å²) in [6.45, 7) is 7.34. The third kappa shape index (κ3) is 4.67. The van der Waals surface area contributed by atoms with Crippen molar-refractivity contribution in [2.24, 2.45) is 0 Å². The maximum atomic E-state index is 12.1. The fourth-order valence-corrected chi connectivity index (χ4v) is 2.20. The molecule has 0 spiro atoms. The van der Waals surface area contributed by atoms with Gasteiger partial charge >= 0.3 is 0 Å². The molecule has 0 aliphatic carbocycles. The van der Waals surface area contributed by atoms with E-state index in [0.717, 1.165) is 25.9 Å². The van der Waals surface area contributed by atoms with Gasteiger partial charge in [0.2, 0.25) is 0 Å². The highest BCUT2D eigenvalue weighted by atomic mass is 16.5. The van der Waals surface area contributed by atoms with Gasteiger partial charge in [-0.3, -0.25) is 4.79 Å². The van der Waals surface area contributed by atoms with Gasteiger partial charge in [0.05, 0.1) is 6.10 Å². The predicted molar refractivity (Wildman–Crippen MR) is 81.5 cm³/mol. The van der Waals surface area contributed by atoms with Crippen molar-refractivity contribution in [3.8, 4) is 0 Å². The van der Waals surface area contributed by atoms with E-state index >= 15 is 0 Å². The first-order valence-corrected chi connectivity index (χ1v) is 7.60. The first kappa shape index (κ1) is 15.7. The van der Waals surface area contributed by atoms with E-state index in [2.05, 4.69) is 20.6 Å². The number of ether oxygens (including phenoxy) is 1. The first-order valence-electron chi connectivity index (χ1n) is 7.60. The van der Waals surface area contributed by atoms with E-state index in [0.29, 0.717) is 23.9 Å². The normalized spacial score (nSPS) is 19.3. The molecule has 0 saturated carbocycles. The molecule has 2 rings (SSSR count). The summed E-state index contributed by atoms with van der Waals surface area (Å²) in [5.74, 6) is 1.10. The third-order valence-corrected chi connectivity index (χ3v) is 3.60. The molecule has 0 radical (unpaired) electrons. The highest BCUT2D eigenvalue weighted by molar-refractivity contribution is 5.93. The Labute approximate surface area is 125 Å². The number of amides is 1. The molecular weight excluding hydrogens is 268 g/mol. The van der Waals surface area contributed by atoms with E-state index in [1.165, 1.54) is 0 Å². The predicted octanol–water partition coefficient (Wildman–Crippen LogP) is 1.90. The van der Waals surface area contributed by atoms with Crippen molar-refractivity contribution in [2.45, 2.75) is 52.2 Å². The van der Waals surface area contributed by atoms with Crippen LogP contribution in [0.5, 0.6) is 0 Å². The van der Waals surface area contributed by atoms with Crippen molar-refractivity contribution in [2.75, 3.05) is 18.5 Å². The zero-order valence-corrected chi connectivity index (χ0v) is 13.0. The third-order valence-electron chi connectivity index (χ3n) is 3.60. The van der Waals surface area contributed by atoms with Crippen LogP contribution in [-0.2, 0) is 4.74 Å². The Bertz CT molecular complexity index is 487. The van der Waals surface area contributed by atoms with E-state index in [1.807, 2.05) is 13.8 Å². The fraction of sp³-hybridized carbons (Fsp3) is 0.667. The number of carbonyl (C=O) groups is 1. The fourth-order valence-electron chi connectivity index (χ4n) is 2.20. The smallest absolute Gasteiger partial charge is 0.270 e. The molecule has 116 valence electrons. The molecular formula is C15H24N4O2. The topological polar surface area (TPSA) is 76.1 Å². The van der Waals surface area contributed by atoms with Crippen molar-refractivity contribution >= 4 is 11.7 Å². The number of anilines is 1. The molecule has 2 heterocycles. The Morgan fingerprint density at radius 3 is 3.00 bits per heavy atom. The Hall–Kier alpha value is -1.69. The van der Waals surface area contributed by atoms with Gasteiger partial charge in [-0.05, 0) is 33.1 Å². The maximum absolute atomic E-state index is 12.1. The highest BCUT2D eigenvalue weighted by Crippen LogP contribution is 2.13. The molecule has 1 fully saturated rings. The minimum absolute atomic E-state index is 0.135. The number of hydrogen-bond donors (Lipinski definition) is 2. The number of aryl methyl sites for hydroxylation is 1. The van der Waals surface area contributed by atoms with Crippen LogP contribution in [0.25, 0.3) is 0 Å². The van der Waals surface area contributed by atoms with Crippen molar-refractivity contribution < 1.29 is 9.53 Å². The molecule has 1 aromatic heterocycles. The van der Waals surface area contributed by atoms with Gasteiger partial charge in [0, 0.05) is 25.3 Å². The second kappa shape index (κ2) is 7.36. The van der Waals surface area contributed by atoms with Crippen molar-refractivity contribution in [3.63, 3.8) is 0 Å². The Morgan fingerprint density at radius 1 is 1.52 bits per heavy atom. The minimum Gasteiger partial charge on any atom is -0.376 e. The van der Waals surface area contributed by atoms with Gasteiger partial charge in [-0.15, -0.1) is 0 Å². The largest absolute Gasteiger partial charge is 0.376 e. The Balaban J connectivity index is 2.00. The standard InChI is InChI=1S/C15H24N4O2/c1-4-10(2)17-15(20)13-8-14(19-11(3)18-13)16-9-12-6-5-7-21-12/h8,10,12H,4-7,9H2,1-3H3,(H,17,20)(H,16,18,19). The van der Waals surface area contributed by atoms with E-state index in [1.54, 1.807) is 13.0 Å². The molecule has 1 saturated heterocycles. The summed E-state index contributed by atoms with van der Waals surface area (Å²) in [6, 6.07) is 1.83. The van der Waals surface area contributed by atoms with Crippen LogP contribution in [-0.4, -0.2) is 41.2 Å². The zero-order valence-electron chi connectivity index (χ0n) is 13.0. The molecule has 6 nitrogen and oxygen atoms in total. The number of nitrogens with one attached hydrogen (secondary N) is 2. The molecule has 21 heavy (non-hydrogen) atoms. The summed E-state index contributed by atoms with van der Waals surface area (Å²) in [7, 11) is 0. The van der Waals surface area contributed by atoms with Gasteiger partial charge in [-0.2, -0.15) is 0 Å². The van der Waals surface area contributed by atoms with Crippen molar-refractivity contribution in [1.29, 1.82) is 0 Å². The SMILES string of the molecule is CCC(C)NC(=O)c1cc(NCC2CCCO2)nc(C)n1. The van der Waals surface area contributed by atoms with E-state index < -0.39 is 0 Å². The summed E-state index contributed by atoms with van der Waals surface area (Å²) in [4.78, 5) is 20.7. The average molecular weight is 292 g/mol. The number of rotatable bonds is 6. The summed E-state index contributed by atoms with van der Waals surface area (Å²) in [6.07, 6.45) is 3.30. The second-order valence-electron chi connectivity index (χ2n) is 5.48.